The zero-order chi connectivity index (χ0) is 19.6. The highest BCUT2D eigenvalue weighted by atomic mass is 16.5. The summed E-state index contributed by atoms with van der Waals surface area (Å²) in [5, 5.41) is 14.5. The molecular formula is C19H27N3O5. The van der Waals surface area contributed by atoms with E-state index in [0.717, 1.165) is 5.56 Å². The molecule has 1 aromatic rings. The summed E-state index contributed by atoms with van der Waals surface area (Å²) in [7, 11) is 0. The van der Waals surface area contributed by atoms with Crippen molar-refractivity contribution < 1.29 is 24.2 Å². The van der Waals surface area contributed by atoms with Crippen LogP contribution in [0, 0.1) is 0 Å². The van der Waals surface area contributed by atoms with Gasteiger partial charge in [-0.3, -0.25) is 14.5 Å². The predicted molar refractivity (Wildman–Crippen MR) is 99.2 cm³/mol. The highest BCUT2D eigenvalue weighted by Crippen LogP contribution is 2.06. The van der Waals surface area contributed by atoms with Gasteiger partial charge in [-0.25, -0.2) is 4.79 Å². The lowest BCUT2D eigenvalue weighted by Crippen LogP contribution is -2.52. The van der Waals surface area contributed by atoms with E-state index in [1.165, 1.54) is 0 Å². The fourth-order valence-corrected chi connectivity index (χ4v) is 2.82. The Morgan fingerprint density at radius 2 is 1.81 bits per heavy atom. The lowest BCUT2D eigenvalue weighted by Gasteiger charge is -2.26. The van der Waals surface area contributed by atoms with Crippen molar-refractivity contribution in [2.75, 3.05) is 32.8 Å². The molecule has 2 rings (SSSR count). The Bertz CT molecular complexity index is 631. The fraction of sp³-hybridized carbons (Fsp3) is 0.526. The molecule has 1 fully saturated rings. The van der Waals surface area contributed by atoms with Crippen molar-refractivity contribution >= 4 is 17.8 Å². The average molecular weight is 377 g/mol. The molecule has 1 heterocycles. The minimum Gasteiger partial charge on any atom is -0.480 e. The molecule has 8 nitrogen and oxygen atoms in total. The first-order valence-corrected chi connectivity index (χ1v) is 9.12. The van der Waals surface area contributed by atoms with Gasteiger partial charge in [0, 0.05) is 13.1 Å². The highest BCUT2D eigenvalue weighted by Gasteiger charge is 2.24. The molecule has 1 aliphatic rings. The number of amides is 2. The van der Waals surface area contributed by atoms with Gasteiger partial charge in [0.2, 0.25) is 11.8 Å². The second kappa shape index (κ2) is 10.6. The van der Waals surface area contributed by atoms with Crippen LogP contribution in [0.5, 0.6) is 0 Å². The number of carboxylic acid groups (broad SMARTS) is 1. The number of hydrogen-bond acceptors (Lipinski definition) is 5. The minimum absolute atomic E-state index is 0.192. The zero-order valence-corrected chi connectivity index (χ0v) is 15.5. The van der Waals surface area contributed by atoms with Gasteiger partial charge in [-0.2, -0.15) is 0 Å². The molecule has 2 amide bonds. The molecule has 1 saturated heterocycles. The first kappa shape index (κ1) is 20.9. The van der Waals surface area contributed by atoms with Gasteiger partial charge in [0.15, 0.2) is 0 Å². The van der Waals surface area contributed by atoms with Crippen molar-refractivity contribution in [1.82, 2.24) is 15.5 Å². The molecule has 1 unspecified atom stereocenters. The summed E-state index contributed by atoms with van der Waals surface area (Å²) in [5.74, 6) is -1.87. The molecule has 0 radical (unpaired) electrons. The lowest BCUT2D eigenvalue weighted by atomic mass is 10.0. The van der Waals surface area contributed by atoms with Crippen LogP contribution in [0.15, 0.2) is 30.3 Å². The van der Waals surface area contributed by atoms with Gasteiger partial charge in [0.25, 0.3) is 0 Å². The molecule has 1 aromatic carbocycles. The van der Waals surface area contributed by atoms with Crippen molar-refractivity contribution in [3.63, 3.8) is 0 Å². The SMILES string of the molecule is C[C@H](NC(=O)CN1CCOCC1)C(=O)NC(CCc1ccccc1)C(=O)O. The van der Waals surface area contributed by atoms with Crippen LogP contribution >= 0.6 is 0 Å². The van der Waals surface area contributed by atoms with E-state index in [2.05, 4.69) is 10.6 Å². The van der Waals surface area contributed by atoms with Gasteiger partial charge in [0.05, 0.1) is 19.8 Å². The molecule has 1 aliphatic heterocycles. The number of ether oxygens (including phenoxy) is 1. The number of carbonyl (C=O) groups is 3. The molecule has 0 spiro atoms. The molecule has 2 atom stereocenters. The topological polar surface area (TPSA) is 108 Å². The van der Waals surface area contributed by atoms with E-state index in [1.54, 1.807) is 6.92 Å². The predicted octanol–water partition coefficient (Wildman–Crippen LogP) is 0.0255. The summed E-state index contributed by atoms with van der Waals surface area (Å²) in [4.78, 5) is 37.7. The Kier molecular flexibility index (Phi) is 8.22. The largest absolute Gasteiger partial charge is 0.480 e. The Morgan fingerprint density at radius 3 is 2.44 bits per heavy atom. The van der Waals surface area contributed by atoms with Gasteiger partial charge in [0.1, 0.15) is 12.1 Å². The number of benzene rings is 1. The lowest BCUT2D eigenvalue weighted by molar-refractivity contribution is -0.142. The Labute approximate surface area is 158 Å². The Balaban J connectivity index is 1.78. The third-order valence-electron chi connectivity index (χ3n) is 4.42. The molecule has 0 aromatic heterocycles. The standard InChI is InChI=1S/C19H27N3O5/c1-14(20-17(23)13-22-9-11-27-12-10-22)18(24)21-16(19(25)26)8-7-15-5-3-2-4-6-15/h2-6,14,16H,7-13H2,1H3,(H,20,23)(H,21,24)(H,25,26)/t14-,16?/m0/s1. The molecule has 3 N–H and O–H groups in total. The summed E-state index contributed by atoms with van der Waals surface area (Å²) in [6.07, 6.45) is 0.815. The average Bonchev–Trinajstić information content (AvgIpc) is 2.66. The molecule has 0 bridgehead atoms. The quantitative estimate of drug-likeness (QED) is 0.560. The molecule has 8 heteroatoms. The summed E-state index contributed by atoms with van der Waals surface area (Å²) in [6, 6.07) is 7.67. The van der Waals surface area contributed by atoms with Crippen LogP contribution < -0.4 is 10.6 Å². The van der Waals surface area contributed by atoms with Crippen molar-refractivity contribution in [3.05, 3.63) is 35.9 Å². The van der Waals surface area contributed by atoms with Crippen LogP contribution in [-0.4, -0.2) is 72.7 Å². The van der Waals surface area contributed by atoms with Crippen LogP contribution in [0.3, 0.4) is 0 Å². The molecule has 0 saturated carbocycles. The van der Waals surface area contributed by atoms with E-state index >= 15 is 0 Å². The zero-order valence-electron chi connectivity index (χ0n) is 15.5. The van der Waals surface area contributed by atoms with Gasteiger partial charge >= 0.3 is 5.97 Å². The fourth-order valence-electron chi connectivity index (χ4n) is 2.82. The number of morpholine rings is 1. The maximum atomic E-state index is 12.3. The first-order valence-electron chi connectivity index (χ1n) is 9.12. The number of carbonyl (C=O) groups excluding carboxylic acids is 2. The summed E-state index contributed by atoms with van der Waals surface area (Å²) < 4.78 is 5.23. The van der Waals surface area contributed by atoms with E-state index in [0.29, 0.717) is 32.7 Å². The maximum Gasteiger partial charge on any atom is 0.326 e. The van der Waals surface area contributed by atoms with Crippen molar-refractivity contribution in [2.24, 2.45) is 0 Å². The van der Waals surface area contributed by atoms with Crippen LogP contribution in [0.2, 0.25) is 0 Å². The molecular weight excluding hydrogens is 350 g/mol. The monoisotopic (exact) mass is 377 g/mol. The Morgan fingerprint density at radius 1 is 1.15 bits per heavy atom. The molecule has 0 aliphatic carbocycles. The summed E-state index contributed by atoms with van der Waals surface area (Å²) in [5.41, 5.74) is 1.00. The maximum absolute atomic E-state index is 12.3. The molecule has 148 valence electrons. The normalized spacial score (nSPS) is 16.9. The van der Waals surface area contributed by atoms with Crippen molar-refractivity contribution in [1.29, 1.82) is 0 Å². The van der Waals surface area contributed by atoms with E-state index in [-0.39, 0.29) is 18.9 Å². The molecule has 27 heavy (non-hydrogen) atoms. The summed E-state index contributed by atoms with van der Waals surface area (Å²) >= 11 is 0. The number of aryl methyl sites for hydroxylation is 1. The van der Waals surface area contributed by atoms with E-state index in [4.69, 9.17) is 4.74 Å². The van der Waals surface area contributed by atoms with Gasteiger partial charge in [-0.1, -0.05) is 30.3 Å². The number of aliphatic carboxylic acids is 1. The van der Waals surface area contributed by atoms with Crippen molar-refractivity contribution in [3.8, 4) is 0 Å². The van der Waals surface area contributed by atoms with E-state index in [1.807, 2.05) is 35.2 Å². The van der Waals surface area contributed by atoms with Crippen molar-refractivity contribution in [2.45, 2.75) is 31.8 Å². The number of rotatable bonds is 9. The van der Waals surface area contributed by atoms with E-state index < -0.39 is 24.0 Å². The van der Waals surface area contributed by atoms with Crippen LogP contribution in [0.4, 0.5) is 0 Å². The van der Waals surface area contributed by atoms with Gasteiger partial charge in [-0.05, 0) is 25.3 Å². The number of nitrogens with zero attached hydrogens (tertiary/aromatic N) is 1. The smallest absolute Gasteiger partial charge is 0.326 e. The highest BCUT2D eigenvalue weighted by molar-refractivity contribution is 5.90. The number of hydrogen-bond donors (Lipinski definition) is 3. The van der Waals surface area contributed by atoms with Crippen LogP contribution in [-0.2, 0) is 25.5 Å². The van der Waals surface area contributed by atoms with Crippen LogP contribution in [0.25, 0.3) is 0 Å². The third kappa shape index (κ3) is 7.36. The van der Waals surface area contributed by atoms with Gasteiger partial charge in [-0.15, -0.1) is 0 Å². The van der Waals surface area contributed by atoms with Gasteiger partial charge < -0.3 is 20.5 Å². The minimum atomic E-state index is -1.09. The second-order valence-corrected chi connectivity index (χ2v) is 6.60. The number of carboxylic acids is 1. The Hall–Kier alpha value is -2.45. The van der Waals surface area contributed by atoms with Crippen LogP contribution in [0.1, 0.15) is 18.9 Å². The van der Waals surface area contributed by atoms with E-state index in [9.17, 15) is 19.5 Å². The summed E-state index contributed by atoms with van der Waals surface area (Å²) in [6.45, 7) is 4.26. The number of nitrogens with one attached hydrogen (secondary N) is 2. The second-order valence-electron chi connectivity index (χ2n) is 6.60. The first-order chi connectivity index (χ1) is 13.0. The third-order valence-corrected chi connectivity index (χ3v) is 4.42.